The van der Waals surface area contributed by atoms with E-state index in [4.69, 9.17) is 4.74 Å². The Bertz CT molecular complexity index is 887. The lowest BCUT2D eigenvalue weighted by Gasteiger charge is -2.34. The van der Waals surface area contributed by atoms with Crippen LogP contribution in [0.25, 0.3) is 22.4 Å². The lowest BCUT2D eigenvalue weighted by Crippen LogP contribution is -2.52. The van der Waals surface area contributed by atoms with E-state index in [2.05, 4.69) is 30.4 Å². The monoisotopic (exact) mass is 344 g/mol. The lowest BCUT2D eigenvalue weighted by molar-refractivity contribution is 0.163. The Morgan fingerprint density at radius 3 is 3.20 bits per heavy atom. The molecule has 1 aliphatic heterocycles. The molecule has 1 atom stereocenters. The molecule has 8 heteroatoms. The highest BCUT2D eigenvalue weighted by Crippen LogP contribution is 2.28. The Balaban J connectivity index is 0.00000196. The van der Waals surface area contributed by atoms with Crippen LogP contribution in [0.4, 0.5) is 10.2 Å². The van der Waals surface area contributed by atoms with Crippen LogP contribution in [0.3, 0.4) is 0 Å². The van der Waals surface area contributed by atoms with Gasteiger partial charge in [0.1, 0.15) is 11.5 Å². The first-order valence-electron chi connectivity index (χ1n) is 8.19. The highest BCUT2D eigenvalue weighted by Gasteiger charge is 2.22. The standard InChI is InChI=1S/C17H19FN6O.H2/c1-25-10-11-9-24(8-7-19-11)14-5-4-13(18)16(21-14)15-12-3-2-6-20-17(12)23-22-15;/h2-6,11,19H,7-10H2,1H3,(H,20,22,23);1H/t11-;/m1./s1. The van der Waals surface area contributed by atoms with E-state index in [1.165, 1.54) is 6.07 Å². The van der Waals surface area contributed by atoms with E-state index >= 15 is 0 Å². The van der Waals surface area contributed by atoms with Crippen molar-refractivity contribution in [2.24, 2.45) is 0 Å². The van der Waals surface area contributed by atoms with Crippen LogP contribution in [0.1, 0.15) is 1.43 Å². The first kappa shape index (κ1) is 15.9. The summed E-state index contributed by atoms with van der Waals surface area (Å²) in [4.78, 5) is 10.9. The number of fused-ring (bicyclic) bond motifs is 1. The molecule has 4 heterocycles. The van der Waals surface area contributed by atoms with Gasteiger partial charge in [-0.1, -0.05) is 0 Å². The van der Waals surface area contributed by atoms with Crippen LogP contribution in [0, 0.1) is 5.82 Å². The van der Waals surface area contributed by atoms with Crippen LogP contribution in [-0.4, -0.2) is 59.6 Å². The van der Waals surface area contributed by atoms with Gasteiger partial charge in [0, 0.05) is 45.8 Å². The predicted molar refractivity (Wildman–Crippen MR) is 95.1 cm³/mol. The van der Waals surface area contributed by atoms with Crippen molar-refractivity contribution in [3.05, 3.63) is 36.3 Å². The van der Waals surface area contributed by atoms with Crippen molar-refractivity contribution in [1.29, 1.82) is 0 Å². The Labute approximate surface area is 145 Å². The predicted octanol–water partition coefficient (Wildman–Crippen LogP) is 1.83. The summed E-state index contributed by atoms with van der Waals surface area (Å²) in [5.74, 6) is 0.354. The van der Waals surface area contributed by atoms with Gasteiger partial charge in [0.15, 0.2) is 11.5 Å². The number of halogens is 1. The summed E-state index contributed by atoms with van der Waals surface area (Å²) in [5, 5.41) is 11.2. The Hall–Kier alpha value is -2.58. The molecule has 0 amide bonds. The van der Waals surface area contributed by atoms with Gasteiger partial charge in [0.05, 0.1) is 12.3 Å². The summed E-state index contributed by atoms with van der Waals surface area (Å²) < 4.78 is 19.7. The van der Waals surface area contributed by atoms with Gasteiger partial charge in [-0.05, 0) is 24.3 Å². The average Bonchev–Trinajstić information content (AvgIpc) is 3.07. The van der Waals surface area contributed by atoms with E-state index in [9.17, 15) is 4.39 Å². The van der Waals surface area contributed by atoms with Crippen molar-refractivity contribution >= 4 is 16.9 Å². The SMILES string of the molecule is COC[C@H]1CN(c2ccc(F)c(-c3[nH]nc4ncccc34)n2)CCN1.[HH]. The number of hydrogen-bond donors (Lipinski definition) is 2. The zero-order chi connectivity index (χ0) is 17.2. The molecule has 0 unspecified atom stereocenters. The molecule has 3 aromatic heterocycles. The Morgan fingerprint density at radius 1 is 1.40 bits per heavy atom. The van der Waals surface area contributed by atoms with Crippen LogP contribution >= 0.6 is 0 Å². The molecule has 2 N–H and O–H groups in total. The van der Waals surface area contributed by atoms with Crippen LogP contribution in [0.15, 0.2) is 30.5 Å². The third-order valence-electron chi connectivity index (χ3n) is 4.35. The van der Waals surface area contributed by atoms with Crippen molar-refractivity contribution in [2.45, 2.75) is 6.04 Å². The molecular formula is C17H21FN6O. The molecule has 0 aromatic carbocycles. The Kier molecular flexibility index (Phi) is 4.29. The number of piperazine rings is 1. The summed E-state index contributed by atoms with van der Waals surface area (Å²) in [6, 6.07) is 7.05. The lowest BCUT2D eigenvalue weighted by atomic mass is 10.1. The van der Waals surface area contributed by atoms with E-state index in [-0.39, 0.29) is 19.0 Å². The highest BCUT2D eigenvalue weighted by molar-refractivity contribution is 5.89. The average molecular weight is 344 g/mol. The van der Waals surface area contributed by atoms with E-state index in [0.29, 0.717) is 17.9 Å². The number of pyridine rings is 2. The Morgan fingerprint density at radius 2 is 2.32 bits per heavy atom. The van der Waals surface area contributed by atoms with Crippen molar-refractivity contribution < 1.29 is 10.6 Å². The summed E-state index contributed by atoms with van der Waals surface area (Å²) in [6.07, 6.45) is 1.66. The van der Waals surface area contributed by atoms with Crippen LogP contribution in [0.2, 0.25) is 0 Å². The molecule has 0 saturated carbocycles. The summed E-state index contributed by atoms with van der Waals surface area (Å²) in [5.41, 5.74) is 1.35. The number of ether oxygens (including phenoxy) is 1. The van der Waals surface area contributed by atoms with Crippen molar-refractivity contribution in [3.63, 3.8) is 0 Å². The quantitative estimate of drug-likeness (QED) is 0.752. The molecule has 0 bridgehead atoms. The van der Waals surface area contributed by atoms with Gasteiger partial charge >= 0.3 is 0 Å². The van der Waals surface area contributed by atoms with Gasteiger partial charge in [0.2, 0.25) is 0 Å². The number of methoxy groups -OCH3 is 1. The molecule has 132 valence electrons. The number of H-pyrrole nitrogens is 1. The fourth-order valence-electron chi connectivity index (χ4n) is 3.16. The fourth-order valence-corrected chi connectivity index (χ4v) is 3.16. The molecule has 0 radical (unpaired) electrons. The number of nitrogens with one attached hydrogen (secondary N) is 2. The molecule has 0 spiro atoms. The van der Waals surface area contributed by atoms with Crippen LogP contribution < -0.4 is 10.2 Å². The maximum absolute atomic E-state index is 14.4. The summed E-state index contributed by atoms with van der Waals surface area (Å²) >= 11 is 0. The minimum Gasteiger partial charge on any atom is -0.383 e. The maximum Gasteiger partial charge on any atom is 0.181 e. The zero-order valence-electron chi connectivity index (χ0n) is 13.9. The number of hydrogen-bond acceptors (Lipinski definition) is 6. The van der Waals surface area contributed by atoms with Gasteiger partial charge in [-0.15, -0.1) is 0 Å². The van der Waals surface area contributed by atoms with Crippen molar-refractivity contribution in [1.82, 2.24) is 25.5 Å². The van der Waals surface area contributed by atoms with Crippen LogP contribution in [-0.2, 0) is 4.74 Å². The van der Waals surface area contributed by atoms with E-state index in [0.717, 1.165) is 30.8 Å². The van der Waals surface area contributed by atoms with E-state index in [1.807, 2.05) is 6.07 Å². The third-order valence-corrected chi connectivity index (χ3v) is 4.35. The number of anilines is 1. The normalized spacial score (nSPS) is 18.0. The number of rotatable bonds is 4. The molecular weight excluding hydrogens is 323 g/mol. The number of nitrogens with zero attached hydrogens (tertiary/aromatic N) is 4. The van der Waals surface area contributed by atoms with Crippen molar-refractivity contribution in [3.8, 4) is 11.4 Å². The van der Waals surface area contributed by atoms with Crippen molar-refractivity contribution in [2.75, 3.05) is 38.3 Å². The van der Waals surface area contributed by atoms with Gasteiger partial charge in [-0.25, -0.2) is 14.4 Å². The zero-order valence-corrected chi connectivity index (χ0v) is 13.9. The maximum atomic E-state index is 14.4. The largest absolute Gasteiger partial charge is 0.383 e. The minimum absolute atomic E-state index is 0. The third kappa shape index (κ3) is 3.06. The molecule has 4 rings (SSSR count). The molecule has 7 nitrogen and oxygen atoms in total. The molecule has 1 aliphatic rings. The number of aromatic amines is 1. The molecule has 3 aromatic rings. The topological polar surface area (TPSA) is 79.0 Å². The molecule has 1 saturated heterocycles. The fraction of sp³-hybridized carbons (Fsp3) is 0.353. The highest BCUT2D eigenvalue weighted by atomic mass is 19.1. The van der Waals surface area contributed by atoms with Gasteiger partial charge in [0.25, 0.3) is 0 Å². The van der Waals surface area contributed by atoms with Crippen LogP contribution in [0.5, 0.6) is 0 Å². The van der Waals surface area contributed by atoms with Gasteiger partial charge in [-0.2, -0.15) is 5.10 Å². The second-order valence-electron chi connectivity index (χ2n) is 6.03. The first-order valence-corrected chi connectivity index (χ1v) is 8.19. The molecule has 0 aliphatic carbocycles. The summed E-state index contributed by atoms with van der Waals surface area (Å²) in [7, 11) is 1.69. The van der Waals surface area contributed by atoms with Gasteiger partial charge in [-0.3, -0.25) is 5.10 Å². The first-order chi connectivity index (χ1) is 12.3. The van der Waals surface area contributed by atoms with E-state index < -0.39 is 0 Å². The number of aromatic nitrogens is 4. The minimum atomic E-state index is -0.387. The molecule has 25 heavy (non-hydrogen) atoms. The van der Waals surface area contributed by atoms with Gasteiger partial charge < -0.3 is 15.0 Å². The summed E-state index contributed by atoms with van der Waals surface area (Å²) in [6.45, 7) is 3.03. The smallest absolute Gasteiger partial charge is 0.181 e. The second-order valence-corrected chi connectivity index (χ2v) is 6.03. The van der Waals surface area contributed by atoms with E-state index in [1.54, 1.807) is 25.4 Å². The molecule has 1 fully saturated rings. The second kappa shape index (κ2) is 6.73.